The second-order valence-corrected chi connectivity index (χ2v) is 5.45. The van der Waals surface area contributed by atoms with Gasteiger partial charge < -0.3 is 10.6 Å². The number of anilines is 1. The van der Waals surface area contributed by atoms with Crippen LogP contribution >= 0.6 is 0 Å². The molecule has 0 atom stereocenters. The first-order valence-corrected chi connectivity index (χ1v) is 7.27. The molecule has 0 bridgehead atoms. The van der Waals surface area contributed by atoms with Gasteiger partial charge in [0.1, 0.15) is 0 Å². The van der Waals surface area contributed by atoms with Gasteiger partial charge >= 0.3 is 0 Å². The van der Waals surface area contributed by atoms with Crippen LogP contribution in [0.3, 0.4) is 0 Å². The van der Waals surface area contributed by atoms with Crippen molar-refractivity contribution in [2.45, 2.75) is 25.8 Å². The summed E-state index contributed by atoms with van der Waals surface area (Å²) in [5.41, 5.74) is 1.92. The van der Waals surface area contributed by atoms with Gasteiger partial charge in [0.05, 0.1) is 5.69 Å². The van der Waals surface area contributed by atoms with E-state index in [4.69, 9.17) is 0 Å². The molecule has 1 amide bonds. The molecule has 2 aromatic rings. The number of amides is 1. The van der Waals surface area contributed by atoms with Crippen LogP contribution < -0.4 is 16.2 Å². The summed E-state index contributed by atoms with van der Waals surface area (Å²) < 4.78 is 1.50. The Kier molecular flexibility index (Phi) is 3.66. The summed E-state index contributed by atoms with van der Waals surface area (Å²) in [7, 11) is 1.65. The maximum absolute atomic E-state index is 12.4. The molecule has 22 heavy (non-hydrogen) atoms. The molecule has 0 radical (unpaired) electrons. The number of hydrogen-bond acceptors (Lipinski definition) is 4. The lowest BCUT2D eigenvalue weighted by atomic mass is 10.1. The minimum atomic E-state index is -0.243. The minimum Gasteiger partial charge on any atom is -0.369 e. The maximum Gasteiger partial charge on any atom is 0.297 e. The van der Waals surface area contributed by atoms with E-state index in [1.54, 1.807) is 31.6 Å². The Hall–Kier alpha value is -2.63. The SMILES string of the molecule is CNc1nccn(-c2cc(C(=O)NC3CC3)ccc2C)c1=O. The molecular formula is C16H18N4O2. The zero-order valence-electron chi connectivity index (χ0n) is 12.6. The molecule has 0 saturated heterocycles. The van der Waals surface area contributed by atoms with Gasteiger partial charge in [0.25, 0.3) is 11.5 Å². The lowest BCUT2D eigenvalue weighted by Gasteiger charge is -2.12. The molecule has 1 aromatic carbocycles. The fraction of sp³-hybridized carbons (Fsp3) is 0.312. The zero-order valence-corrected chi connectivity index (χ0v) is 12.6. The fourth-order valence-electron chi connectivity index (χ4n) is 2.28. The number of nitrogens with zero attached hydrogens (tertiary/aromatic N) is 2. The fourth-order valence-corrected chi connectivity index (χ4v) is 2.28. The number of hydrogen-bond donors (Lipinski definition) is 2. The Balaban J connectivity index is 2.03. The van der Waals surface area contributed by atoms with Crippen molar-refractivity contribution in [3.05, 3.63) is 52.1 Å². The van der Waals surface area contributed by atoms with Crippen LogP contribution in [0.15, 0.2) is 35.4 Å². The number of aromatic nitrogens is 2. The van der Waals surface area contributed by atoms with Gasteiger partial charge in [-0.25, -0.2) is 4.98 Å². The molecule has 1 aliphatic carbocycles. The average molecular weight is 298 g/mol. The van der Waals surface area contributed by atoms with Crippen LogP contribution in [0, 0.1) is 6.92 Å². The molecule has 6 nitrogen and oxygen atoms in total. The van der Waals surface area contributed by atoms with E-state index < -0.39 is 0 Å². The maximum atomic E-state index is 12.4. The van der Waals surface area contributed by atoms with Crippen LogP contribution in [-0.4, -0.2) is 28.5 Å². The topological polar surface area (TPSA) is 76.0 Å². The van der Waals surface area contributed by atoms with Gasteiger partial charge in [-0.1, -0.05) is 6.07 Å². The standard InChI is InChI=1S/C16H18N4O2/c1-10-3-4-11(15(21)19-12-5-6-12)9-13(10)20-8-7-18-14(17-2)16(20)22/h3-4,7-9,12H,5-6H2,1-2H3,(H,17,18)(H,19,21). The first-order chi connectivity index (χ1) is 10.6. The van der Waals surface area contributed by atoms with Crippen molar-refractivity contribution in [3.63, 3.8) is 0 Å². The van der Waals surface area contributed by atoms with E-state index in [1.165, 1.54) is 4.57 Å². The molecule has 114 valence electrons. The van der Waals surface area contributed by atoms with Crippen molar-refractivity contribution in [1.29, 1.82) is 0 Å². The summed E-state index contributed by atoms with van der Waals surface area (Å²) in [5, 5.41) is 5.73. The van der Waals surface area contributed by atoms with Crippen molar-refractivity contribution in [2.75, 3.05) is 12.4 Å². The van der Waals surface area contributed by atoms with Crippen LogP contribution in [0.4, 0.5) is 5.82 Å². The predicted octanol–water partition coefficient (Wildman–Crippen LogP) is 1.47. The van der Waals surface area contributed by atoms with Crippen LogP contribution in [0.25, 0.3) is 5.69 Å². The summed E-state index contributed by atoms with van der Waals surface area (Å²) in [6, 6.07) is 5.68. The van der Waals surface area contributed by atoms with Gasteiger partial charge in [0.2, 0.25) is 0 Å². The summed E-state index contributed by atoms with van der Waals surface area (Å²) in [4.78, 5) is 28.5. The Morgan fingerprint density at radius 3 is 2.82 bits per heavy atom. The van der Waals surface area contributed by atoms with Crippen molar-refractivity contribution < 1.29 is 4.79 Å². The summed E-state index contributed by atoms with van der Waals surface area (Å²) in [6.45, 7) is 1.91. The van der Waals surface area contributed by atoms with Crippen LogP contribution in [0.5, 0.6) is 0 Å². The van der Waals surface area contributed by atoms with Crippen LogP contribution in [0.1, 0.15) is 28.8 Å². The molecule has 1 fully saturated rings. The zero-order chi connectivity index (χ0) is 15.7. The summed E-state index contributed by atoms with van der Waals surface area (Å²) in [5.74, 6) is 0.175. The third kappa shape index (κ3) is 2.72. The van der Waals surface area contributed by atoms with Crippen molar-refractivity contribution in [2.24, 2.45) is 0 Å². The molecule has 1 aliphatic rings. The summed E-state index contributed by atoms with van der Waals surface area (Å²) in [6.07, 6.45) is 5.25. The Bertz CT molecular complexity index is 778. The largest absolute Gasteiger partial charge is 0.369 e. The predicted molar refractivity (Wildman–Crippen MR) is 84.6 cm³/mol. The van der Waals surface area contributed by atoms with E-state index in [2.05, 4.69) is 15.6 Å². The quantitative estimate of drug-likeness (QED) is 0.896. The molecule has 1 heterocycles. The van der Waals surface area contributed by atoms with E-state index in [-0.39, 0.29) is 17.3 Å². The van der Waals surface area contributed by atoms with Crippen molar-refractivity contribution in [1.82, 2.24) is 14.9 Å². The molecule has 3 rings (SSSR count). The van der Waals surface area contributed by atoms with Crippen LogP contribution in [-0.2, 0) is 0 Å². The molecule has 0 unspecified atom stereocenters. The number of carbonyl (C=O) groups excluding carboxylic acids is 1. The van der Waals surface area contributed by atoms with Gasteiger partial charge in [0.15, 0.2) is 5.82 Å². The van der Waals surface area contributed by atoms with Gasteiger partial charge in [-0.2, -0.15) is 0 Å². The molecular weight excluding hydrogens is 280 g/mol. The van der Waals surface area contributed by atoms with Gasteiger partial charge in [0, 0.05) is 31.0 Å². The van der Waals surface area contributed by atoms with Gasteiger partial charge in [-0.15, -0.1) is 0 Å². The number of rotatable bonds is 4. The Morgan fingerprint density at radius 1 is 1.36 bits per heavy atom. The van der Waals surface area contributed by atoms with E-state index in [0.717, 1.165) is 18.4 Å². The second-order valence-electron chi connectivity index (χ2n) is 5.45. The third-order valence-electron chi connectivity index (χ3n) is 3.72. The normalized spacial score (nSPS) is 13.7. The molecule has 0 aliphatic heterocycles. The summed E-state index contributed by atoms with van der Waals surface area (Å²) >= 11 is 0. The number of benzene rings is 1. The second kappa shape index (κ2) is 5.63. The highest BCUT2D eigenvalue weighted by Crippen LogP contribution is 2.20. The third-order valence-corrected chi connectivity index (χ3v) is 3.72. The van der Waals surface area contributed by atoms with E-state index in [9.17, 15) is 9.59 Å². The molecule has 0 spiro atoms. The highest BCUT2D eigenvalue weighted by Gasteiger charge is 2.24. The van der Waals surface area contributed by atoms with Crippen molar-refractivity contribution >= 4 is 11.7 Å². The first kappa shape index (κ1) is 14.3. The van der Waals surface area contributed by atoms with Crippen LogP contribution in [0.2, 0.25) is 0 Å². The lowest BCUT2D eigenvalue weighted by molar-refractivity contribution is 0.0951. The number of nitrogens with one attached hydrogen (secondary N) is 2. The number of aryl methyl sites for hydroxylation is 1. The molecule has 1 saturated carbocycles. The molecule has 1 aromatic heterocycles. The monoisotopic (exact) mass is 298 g/mol. The first-order valence-electron chi connectivity index (χ1n) is 7.27. The Morgan fingerprint density at radius 2 is 2.14 bits per heavy atom. The van der Waals surface area contributed by atoms with Gasteiger partial charge in [-0.05, 0) is 37.5 Å². The Labute approximate surface area is 128 Å². The highest BCUT2D eigenvalue weighted by atomic mass is 16.2. The molecule has 6 heteroatoms. The number of carbonyl (C=O) groups is 1. The van der Waals surface area contributed by atoms with Gasteiger partial charge in [-0.3, -0.25) is 14.2 Å². The average Bonchev–Trinajstić information content (AvgIpc) is 3.32. The lowest BCUT2D eigenvalue weighted by Crippen LogP contribution is -2.26. The minimum absolute atomic E-state index is 0.0975. The molecule has 2 N–H and O–H groups in total. The highest BCUT2D eigenvalue weighted by molar-refractivity contribution is 5.95. The van der Waals surface area contributed by atoms with E-state index in [1.807, 2.05) is 13.0 Å². The van der Waals surface area contributed by atoms with E-state index >= 15 is 0 Å². The van der Waals surface area contributed by atoms with Crippen molar-refractivity contribution in [3.8, 4) is 5.69 Å². The van der Waals surface area contributed by atoms with E-state index in [0.29, 0.717) is 17.3 Å². The smallest absolute Gasteiger partial charge is 0.297 e.